The number of halogens is 2. The summed E-state index contributed by atoms with van der Waals surface area (Å²) in [7, 11) is 0. The van der Waals surface area contributed by atoms with E-state index in [2.05, 4.69) is 11.9 Å². The maximum absolute atomic E-state index is 12.7. The van der Waals surface area contributed by atoms with Gasteiger partial charge < -0.3 is 10.6 Å². The van der Waals surface area contributed by atoms with Crippen LogP contribution in [0.4, 0.5) is 0 Å². The summed E-state index contributed by atoms with van der Waals surface area (Å²) < 4.78 is 0. The molecule has 2 aromatic rings. The number of aromatic nitrogens is 1. The summed E-state index contributed by atoms with van der Waals surface area (Å²) in [6.45, 7) is 3.61. The van der Waals surface area contributed by atoms with Gasteiger partial charge in [-0.2, -0.15) is 0 Å². The summed E-state index contributed by atoms with van der Waals surface area (Å²) in [6, 6.07) is 12.1. The Bertz CT molecular complexity index is 671. The van der Waals surface area contributed by atoms with Crippen molar-refractivity contribution in [2.24, 2.45) is 11.7 Å². The zero-order valence-electron chi connectivity index (χ0n) is 14.3. The lowest BCUT2D eigenvalue weighted by Crippen LogP contribution is -2.42. The number of rotatable bonds is 3. The van der Waals surface area contributed by atoms with Gasteiger partial charge >= 0.3 is 0 Å². The molecule has 0 saturated carbocycles. The average Bonchev–Trinajstić information content (AvgIpc) is 2.62. The molecule has 1 amide bonds. The molecule has 25 heavy (non-hydrogen) atoms. The molecule has 1 aliphatic heterocycles. The third kappa shape index (κ3) is 5.18. The van der Waals surface area contributed by atoms with E-state index in [0.29, 0.717) is 11.5 Å². The lowest BCUT2D eigenvalue weighted by atomic mass is 9.90. The highest BCUT2D eigenvalue weighted by molar-refractivity contribution is 5.95. The second kappa shape index (κ2) is 9.76. The number of pyridine rings is 1. The van der Waals surface area contributed by atoms with Crippen LogP contribution in [-0.2, 0) is 0 Å². The second-order valence-corrected chi connectivity index (χ2v) is 6.32. The van der Waals surface area contributed by atoms with Gasteiger partial charge in [0.1, 0.15) is 0 Å². The van der Waals surface area contributed by atoms with Gasteiger partial charge in [-0.25, -0.2) is 0 Å². The van der Waals surface area contributed by atoms with E-state index in [1.165, 1.54) is 0 Å². The summed E-state index contributed by atoms with van der Waals surface area (Å²) in [6.07, 6.45) is 5.42. The molecule has 1 saturated heterocycles. The SMILES string of the molecule is CC(N)C1CCN(C(=O)c2cncc(-c3ccccc3)c2)CC1.Cl.Cl. The molecular formula is C19H25Cl2N3O. The predicted octanol–water partition coefficient (Wildman–Crippen LogP) is 3.79. The summed E-state index contributed by atoms with van der Waals surface area (Å²) in [4.78, 5) is 18.9. The molecular weight excluding hydrogens is 357 g/mol. The van der Waals surface area contributed by atoms with Crippen LogP contribution in [-0.4, -0.2) is 34.9 Å². The van der Waals surface area contributed by atoms with Crippen LogP contribution in [0.1, 0.15) is 30.1 Å². The minimum absolute atomic E-state index is 0. The van der Waals surface area contributed by atoms with Crippen molar-refractivity contribution in [2.45, 2.75) is 25.8 Å². The van der Waals surface area contributed by atoms with E-state index in [4.69, 9.17) is 5.73 Å². The number of benzene rings is 1. The van der Waals surface area contributed by atoms with Gasteiger partial charge in [0.15, 0.2) is 0 Å². The van der Waals surface area contributed by atoms with Crippen molar-refractivity contribution in [3.63, 3.8) is 0 Å². The van der Waals surface area contributed by atoms with Crippen LogP contribution in [0.2, 0.25) is 0 Å². The van der Waals surface area contributed by atoms with E-state index in [1.54, 1.807) is 12.4 Å². The molecule has 0 aliphatic carbocycles. The largest absolute Gasteiger partial charge is 0.339 e. The van der Waals surface area contributed by atoms with E-state index in [-0.39, 0.29) is 36.8 Å². The van der Waals surface area contributed by atoms with Gasteiger partial charge in [-0.3, -0.25) is 9.78 Å². The van der Waals surface area contributed by atoms with Crippen molar-refractivity contribution in [3.8, 4) is 11.1 Å². The fraction of sp³-hybridized carbons (Fsp3) is 0.368. The first-order chi connectivity index (χ1) is 11.1. The molecule has 6 heteroatoms. The molecule has 4 nitrogen and oxygen atoms in total. The first-order valence-corrected chi connectivity index (χ1v) is 8.20. The Balaban J connectivity index is 0.00000156. The van der Waals surface area contributed by atoms with Crippen molar-refractivity contribution in [1.29, 1.82) is 0 Å². The molecule has 0 radical (unpaired) electrons. The van der Waals surface area contributed by atoms with Crippen molar-refractivity contribution in [2.75, 3.05) is 13.1 Å². The Morgan fingerprint density at radius 1 is 1.12 bits per heavy atom. The van der Waals surface area contributed by atoms with E-state index in [9.17, 15) is 4.79 Å². The highest BCUT2D eigenvalue weighted by atomic mass is 35.5. The van der Waals surface area contributed by atoms with Crippen molar-refractivity contribution >= 4 is 30.7 Å². The first-order valence-electron chi connectivity index (χ1n) is 8.20. The quantitative estimate of drug-likeness (QED) is 0.879. The molecule has 0 spiro atoms. The summed E-state index contributed by atoms with van der Waals surface area (Å²) in [5.74, 6) is 0.589. The van der Waals surface area contributed by atoms with Crippen molar-refractivity contribution in [1.82, 2.24) is 9.88 Å². The highest BCUT2D eigenvalue weighted by Gasteiger charge is 2.25. The Kier molecular flexibility index (Phi) is 8.36. The molecule has 3 rings (SSSR count). The minimum Gasteiger partial charge on any atom is -0.339 e. The zero-order valence-corrected chi connectivity index (χ0v) is 15.9. The molecule has 1 aliphatic rings. The Hall–Kier alpha value is -1.62. The van der Waals surface area contributed by atoms with E-state index in [0.717, 1.165) is 37.1 Å². The minimum atomic E-state index is 0. The number of nitrogens with zero attached hydrogens (tertiary/aromatic N) is 2. The number of nitrogens with two attached hydrogens (primary N) is 1. The van der Waals surface area contributed by atoms with E-state index in [1.807, 2.05) is 41.3 Å². The van der Waals surface area contributed by atoms with E-state index >= 15 is 0 Å². The number of hydrogen-bond donors (Lipinski definition) is 1. The number of carbonyl (C=O) groups excluding carboxylic acids is 1. The first kappa shape index (κ1) is 21.4. The smallest absolute Gasteiger partial charge is 0.255 e. The van der Waals surface area contributed by atoms with Crippen LogP contribution >= 0.6 is 24.8 Å². The fourth-order valence-corrected chi connectivity index (χ4v) is 3.16. The average molecular weight is 382 g/mol. The molecule has 1 atom stereocenters. The van der Waals surface area contributed by atoms with Crippen LogP contribution in [0.5, 0.6) is 0 Å². The standard InChI is InChI=1S/C19H23N3O.2ClH/c1-14(20)15-7-9-22(10-8-15)19(23)18-11-17(12-21-13-18)16-5-3-2-4-6-16;;/h2-6,11-15H,7-10,20H2,1H3;2*1H. The molecule has 136 valence electrons. The van der Waals surface area contributed by atoms with Gasteiger partial charge in [-0.1, -0.05) is 30.3 Å². The van der Waals surface area contributed by atoms with Crippen LogP contribution in [0.15, 0.2) is 48.8 Å². The Morgan fingerprint density at radius 2 is 1.76 bits per heavy atom. The van der Waals surface area contributed by atoms with Crippen molar-refractivity contribution in [3.05, 3.63) is 54.4 Å². The summed E-state index contributed by atoms with van der Waals surface area (Å²) in [5, 5.41) is 0. The number of carbonyl (C=O) groups is 1. The molecule has 0 bridgehead atoms. The molecule has 1 aromatic heterocycles. The monoisotopic (exact) mass is 381 g/mol. The number of likely N-dealkylation sites (tertiary alicyclic amines) is 1. The zero-order chi connectivity index (χ0) is 16.2. The van der Waals surface area contributed by atoms with Crippen LogP contribution in [0, 0.1) is 5.92 Å². The van der Waals surface area contributed by atoms with Gasteiger partial charge in [0, 0.05) is 37.1 Å². The maximum Gasteiger partial charge on any atom is 0.255 e. The molecule has 1 aromatic carbocycles. The van der Waals surface area contributed by atoms with Crippen LogP contribution < -0.4 is 5.73 Å². The third-order valence-electron chi connectivity index (χ3n) is 4.66. The lowest BCUT2D eigenvalue weighted by molar-refractivity contribution is 0.0680. The molecule has 1 unspecified atom stereocenters. The normalized spacial score (nSPS) is 15.7. The molecule has 2 N–H and O–H groups in total. The topological polar surface area (TPSA) is 59.2 Å². The van der Waals surface area contributed by atoms with Gasteiger partial charge in [0.05, 0.1) is 5.56 Å². The predicted molar refractivity (Wildman–Crippen MR) is 106 cm³/mol. The third-order valence-corrected chi connectivity index (χ3v) is 4.66. The van der Waals surface area contributed by atoms with Crippen LogP contribution in [0.25, 0.3) is 11.1 Å². The number of piperidine rings is 1. The number of amides is 1. The van der Waals surface area contributed by atoms with Gasteiger partial charge in [0.2, 0.25) is 0 Å². The summed E-state index contributed by atoms with van der Waals surface area (Å²) in [5.41, 5.74) is 8.68. The van der Waals surface area contributed by atoms with Gasteiger partial charge in [0.25, 0.3) is 5.91 Å². The van der Waals surface area contributed by atoms with Gasteiger partial charge in [-0.15, -0.1) is 24.8 Å². The Labute approximate surface area is 161 Å². The van der Waals surface area contributed by atoms with Crippen molar-refractivity contribution < 1.29 is 4.79 Å². The van der Waals surface area contributed by atoms with E-state index < -0.39 is 0 Å². The summed E-state index contributed by atoms with van der Waals surface area (Å²) >= 11 is 0. The Morgan fingerprint density at radius 3 is 2.36 bits per heavy atom. The lowest BCUT2D eigenvalue weighted by Gasteiger charge is -2.33. The fourth-order valence-electron chi connectivity index (χ4n) is 3.16. The van der Waals surface area contributed by atoms with Gasteiger partial charge in [-0.05, 0) is 37.3 Å². The molecule has 2 heterocycles. The number of hydrogen-bond acceptors (Lipinski definition) is 3. The maximum atomic E-state index is 12.7. The molecule has 1 fully saturated rings. The second-order valence-electron chi connectivity index (χ2n) is 6.32. The van der Waals surface area contributed by atoms with Crippen LogP contribution in [0.3, 0.4) is 0 Å². The highest BCUT2D eigenvalue weighted by Crippen LogP contribution is 2.23.